The summed E-state index contributed by atoms with van der Waals surface area (Å²) >= 11 is 0. The lowest BCUT2D eigenvalue weighted by molar-refractivity contribution is -0.150. The summed E-state index contributed by atoms with van der Waals surface area (Å²) in [5.41, 5.74) is 6.84. The smallest absolute Gasteiger partial charge is 0.306 e. The molecule has 1 unspecified atom stereocenters. The summed E-state index contributed by atoms with van der Waals surface area (Å²) < 4.78 is 16.1. The third kappa shape index (κ3) is 28.2. The number of carbonyl (C=O) groups is 3. The number of unbranched alkanes of at least 4 members (excludes halogenated alkanes) is 12. The van der Waals surface area contributed by atoms with Crippen LogP contribution >= 0.6 is 0 Å². The first kappa shape index (κ1) is 40.7. The van der Waals surface area contributed by atoms with E-state index in [1.165, 1.54) is 64.2 Å². The minimum absolute atomic E-state index is 0.0390. The monoisotopic (exact) mass is 609 g/mol. The van der Waals surface area contributed by atoms with Crippen LogP contribution in [0.25, 0.3) is 0 Å². The van der Waals surface area contributed by atoms with E-state index in [1.54, 1.807) is 0 Å². The maximum atomic E-state index is 12.6. The zero-order chi connectivity index (χ0) is 31.8. The molecule has 0 aliphatic heterocycles. The first-order valence-corrected chi connectivity index (χ1v) is 17.3. The molecule has 0 aliphatic rings. The largest absolute Gasteiger partial charge is 0.468 e. The average molecular weight is 610 g/mol. The molecule has 0 aromatic carbocycles. The Kier molecular flexibility index (Phi) is 29.4. The highest BCUT2D eigenvalue weighted by atomic mass is 16.5. The molecule has 0 spiro atoms. The van der Waals surface area contributed by atoms with Crippen molar-refractivity contribution in [3.8, 4) is 0 Å². The Morgan fingerprint density at radius 3 is 1.77 bits per heavy atom. The predicted octanol–water partition coefficient (Wildman–Crippen LogP) is 9.64. The summed E-state index contributed by atoms with van der Waals surface area (Å²) in [6.45, 7) is 5.76. The molecule has 43 heavy (non-hydrogen) atoms. The van der Waals surface area contributed by atoms with Gasteiger partial charge in [0.25, 0.3) is 6.47 Å². The Labute approximate surface area is 262 Å². The lowest BCUT2D eigenvalue weighted by Crippen LogP contribution is -2.18. The van der Waals surface area contributed by atoms with Crippen molar-refractivity contribution in [3.63, 3.8) is 0 Å². The Hall–Kier alpha value is -2.32. The van der Waals surface area contributed by atoms with Gasteiger partial charge in [0.05, 0.1) is 13.2 Å². The van der Waals surface area contributed by atoms with Crippen molar-refractivity contribution >= 4 is 24.2 Å². The van der Waals surface area contributed by atoms with Crippen molar-refractivity contribution in [2.24, 2.45) is 11.0 Å². The summed E-state index contributed by atoms with van der Waals surface area (Å²) in [4.78, 5) is 35.2. The molecule has 250 valence electrons. The molecule has 9 heteroatoms. The van der Waals surface area contributed by atoms with Crippen LogP contribution in [0.15, 0.2) is 5.11 Å². The zero-order valence-electron chi connectivity index (χ0n) is 27.5. The first-order chi connectivity index (χ1) is 21.0. The van der Waals surface area contributed by atoms with Gasteiger partial charge in [-0.25, -0.2) is 5.53 Å². The molecule has 0 amide bonds. The van der Waals surface area contributed by atoms with Crippen LogP contribution in [-0.4, -0.2) is 43.6 Å². The Morgan fingerprint density at radius 2 is 1.21 bits per heavy atom. The van der Waals surface area contributed by atoms with Crippen LogP contribution in [0.4, 0.5) is 0 Å². The van der Waals surface area contributed by atoms with E-state index in [-0.39, 0.29) is 36.7 Å². The third-order valence-electron chi connectivity index (χ3n) is 7.90. The maximum absolute atomic E-state index is 12.6. The number of carbonyl (C=O) groups excluding carboxylic acids is 3. The normalized spacial score (nSPS) is 11.7. The molecule has 0 heterocycles. The van der Waals surface area contributed by atoms with E-state index >= 15 is 0 Å². The molecule has 0 radical (unpaired) electrons. The number of amidine groups is 1. The highest BCUT2D eigenvalue weighted by molar-refractivity contribution is 5.79. The molecule has 0 bridgehead atoms. The van der Waals surface area contributed by atoms with Gasteiger partial charge in [0.2, 0.25) is 0 Å². The molecule has 0 saturated carbocycles. The van der Waals surface area contributed by atoms with Gasteiger partial charge in [0.1, 0.15) is 11.9 Å². The molecule has 0 rings (SSSR count). The highest BCUT2D eigenvalue weighted by Gasteiger charge is 2.16. The van der Waals surface area contributed by atoms with Gasteiger partial charge in [-0.2, -0.15) is 0 Å². The molecule has 0 aromatic heterocycles. The number of hydrogen-bond donors (Lipinski definition) is 2. The lowest BCUT2D eigenvalue weighted by atomic mass is 9.91. The number of nitrogens with one attached hydrogen (secondary N) is 2. The van der Waals surface area contributed by atoms with Crippen LogP contribution in [0.3, 0.4) is 0 Å². The predicted molar refractivity (Wildman–Crippen MR) is 171 cm³/mol. The van der Waals surface area contributed by atoms with Gasteiger partial charge >= 0.3 is 11.9 Å². The van der Waals surface area contributed by atoms with Gasteiger partial charge in [-0.1, -0.05) is 78.1 Å². The summed E-state index contributed by atoms with van der Waals surface area (Å²) in [7, 11) is 0. The quantitative estimate of drug-likeness (QED) is 0.0148. The van der Waals surface area contributed by atoms with Gasteiger partial charge in [-0.3, -0.25) is 19.8 Å². The molecule has 2 N–H and O–H groups in total. The molecule has 0 saturated heterocycles. The molecular weight excluding hydrogens is 546 g/mol. The van der Waals surface area contributed by atoms with E-state index in [9.17, 15) is 14.4 Å². The highest BCUT2D eigenvalue weighted by Crippen LogP contribution is 2.23. The first-order valence-electron chi connectivity index (χ1n) is 17.3. The fraction of sp³-hybridized carbons (Fsp3) is 0.882. The third-order valence-corrected chi connectivity index (χ3v) is 7.90. The zero-order valence-corrected chi connectivity index (χ0v) is 27.5. The summed E-state index contributed by atoms with van der Waals surface area (Å²) in [5, 5.41) is 10.5. The molecule has 9 nitrogen and oxygen atoms in total. The van der Waals surface area contributed by atoms with Crippen LogP contribution in [0, 0.1) is 16.9 Å². The number of hydrogen-bond acceptors (Lipinski definition) is 8. The fourth-order valence-corrected chi connectivity index (χ4v) is 5.30. The van der Waals surface area contributed by atoms with Crippen LogP contribution in [0.5, 0.6) is 0 Å². The molecule has 0 aromatic rings. The van der Waals surface area contributed by atoms with Crippen molar-refractivity contribution in [3.05, 3.63) is 0 Å². The van der Waals surface area contributed by atoms with E-state index in [0.29, 0.717) is 38.4 Å². The van der Waals surface area contributed by atoms with E-state index in [1.807, 2.05) is 0 Å². The summed E-state index contributed by atoms with van der Waals surface area (Å²) in [5.74, 6) is 0.0427. The van der Waals surface area contributed by atoms with Gasteiger partial charge in [0.15, 0.2) is 0 Å². The minimum Gasteiger partial charge on any atom is -0.468 e. The number of ether oxygens (including phenoxy) is 3. The van der Waals surface area contributed by atoms with Crippen LogP contribution in [0.2, 0.25) is 0 Å². The second-order valence-electron chi connectivity index (χ2n) is 11.9. The Balaban J connectivity index is 4.43. The SMILES string of the molecule is CCCCCCCC(CCCCCCC)CC(=O)OCCCCCC(CCCCCOC=O)OC(=O)CCCC(=N)N=N. The lowest BCUT2D eigenvalue weighted by Gasteiger charge is -2.18. The van der Waals surface area contributed by atoms with E-state index < -0.39 is 0 Å². The summed E-state index contributed by atoms with van der Waals surface area (Å²) in [6, 6.07) is 0. The number of rotatable bonds is 32. The minimum atomic E-state index is -0.286. The van der Waals surface area contributed by atoms with E-state index in [4.69, 9.17) is 25.2 Å². The van der Waals surface area contributed by atoms with Gasteiger partial charge < -0.3 is 14.2 Å². The van der Waals surface area contributed by atoms with Gasteiger partial charge in [-0.15, -0.1) is 5.11 Å². The Bertz CT molecular complexity index is 704. The fourth-order valence-electron chi connectivity index (χ4n) is 5.30. The van der Waals surface area contributed by atoms with E-state index in [0.717, 1.165) is 64.2 Å². The van der Waals surface area contributed by atoms with Crippen molar-refractivity contribution < 1.29 is 28.6 Å². The second-order valence-corrected chi connectivity index (χ2v) is 11.9. The average Bonchev–Trinajstić information content (AvgIpc) is 2.99. The van der Waals surface area contributed by atoms with Gasteiger partial charge in [-0.05, 0) is 76.5 Å². The Morgan fingerprint density at radius 1 is 0.674 bits per heavy atom. The van der Waals surface area contributed by atoms with Gasteiger partial charge in [0, 0.05) is 19.3 Å². The van der Waals surface area contributed by atoms with Crippen molar-refractivity contribution in [2.45, 2.75) is 174 Å². The topological polar surface area (TPSA) is 139 Å². The molecule has 0 aliphatic carbocycles. The second kappa shape index (κ2) is 31.1. The van der Waals surface area contributed by atoms with Crippen LogP contribution in [-0.2, 0) is 28.6 Å². The molecular formula is C34H63N3O6. The van der Waals surface area contributed by atoms with E-state index in [2.05, 4.69) is 19.0 Å². The van der Waals surface area contributed by atoms with Crippen molar-refractivity contribution in [1.29, 1.82) is 10.9 Å². The molecule has 1 atom stereocenters. The van der Waals surface area contributed by atoms with Crippen LogP contribution < -0.4 is 0 Å². The standard InChI is InChI=1S/C34H63N3O6/c1-3-5-7-9-13-20-30(21-14-10-8-6-4-2)28-34(40)42-27-18-12-16-23-31(22-15-11-17-26-41-29-38)43-33(39)25-19-24-32(35)37-36/h29-31,35-36H,3-28H2,1-2H3. The summed E-state index contributed by atoms with van der Waals surface area (Å²) in [6.07, 6.45) is 22.7. The number of esters is 2. The van der Waals surface area contributed by atoms with Crippen LogP contribution in [0.1, 0.15) is 168 Å². The number of nitrogens with zero attached hydrogens (tertiary/aromatic N) is 1. The molecule has 0 fully saturated rings. The maximum Gasteiger partial charge on any atom is 0.306 e. The van der Waals surface area contributed by atoms with Crippen molar-refractivity contribution in [1.82, 2.24) is 0 Å². The van der Waals surface area contributed by atoms with Crippen molar-refractivity contribution in [2.75, 3.05) is 13.2 Å².